The van der Waals surface area contributed by atoms with Crippen LogP contribution in [-0.4, -0.2) is 24.2 Å². The molecule has 0 radical (unpaired) electrons. The van der Waals surface area contributed by atoms with Gasteiger partial charge in [0.15, 0.2) is 0 Å². The Balaban J connectivity index is -0.000000720. The molecule has 0 aromatic rings. The Labute approximate surface area is 137 Å². The van der Waals surface area contributed by atoms with Gasteiger partial charge in [-0.1, -0.05) is 32.6 Å². The third kappa shape index (κ3) is 17.7. The zero-order valence-electron chi connectivity index (χ0n) is 10.5. The largest absolute Gasteiger partial charge is 1.00 e. The fraction of sp³-hybridized carbons (Fsp3) is 0.818. The van der Waals surface area contributed by atoms with E-state index in [0.717, 1.165) is 12.8 Å². The molecule has 0 bridgehead atoms. The average molecular weight is 241 g/mol. The molecule has 15 heavy (non-hydrogen) atoms. The van der Waals surface area contributed by atoms with Gasteiger partial charge < -0.3 is 17.8 Å². The van der Waals surface area contributed by atoms with E-state index in [4.69, 9.17) is 5.11 Å². The fourth-order valence-corrected chi connectivity index (χ4v) is 1.17. The van der Waals surface area contributed by atoms with Crippen molar-refractivity contribution in [3.63, 3.8) is 0 Å². The molecular weight excluding hydrogens is 217 g/mol. The Hall–Kier alpha value is 1.07. The van der Waals surface area contributed by atoms with Gasteiger partial charge in [0.05, 0.1) is 6.61 Å². The van der Waals surface area contributed by atoms with E-state index in [1.54, 1.807) is 0 Å². The Bertz CT molecular complexity index is 132. The topological polar surface area (TPSA) is 49.3 Å². The first kappa shape index (κ1) is 21.4. The molecule has 0 rings (SSSR count). The van der Waals surface area contributed by atoms with Gasteiger partial charge in [-0.2, -0.15) is 0 Å². The maximum atomic E-state index is 11.0. The van der Waals surface area contributed by atoms with Gasteiger partial charge in [-0.25, -0.2) is 0 Å². The van der Waals surface area contributed by atoms with Crippen LogP contribution >= 0.6 is 0 Å². The Morgan fingerprint density at radius 2 is 1.80 bits per heavy atom. The van der Waals surface area contributed by atoms with E-state index >= 15 is 0 Å². The smallest absolute Gasteiger partial charge is 0.395 e. The van der Waals surface area contributed by atoms with Crippen molar-refractivity contribution >= 4 is 5.91 Å². The van der Waals surface area contributed by atoms with Gasteiger partial charge in [0.25, 0.3) is 0 Å². The van der Waals surface area contributed by atoms with Gasteiger partial charge in [-0.15, -0.1) is 0 Å². The molecule has 2 N–H and O–H groups in total. The molecule has 0 aliphatic carbocycles. The predicted molar refractivity (Wildman–Crippen MR) is 59.9 cm³/mol. The molecule has 3 nitrogen and oxygen atoms in total. The van der Waals surface area contributed by atoms with Crippen LogP contribution in [0.3, 0.4) is 0 Å². The molecule has 0 aromatic carbocycles. The number of carbonyl (C=O) groups excluding carboxylic acids is 1. The summed E-state index contributed by atoms with van der Waals surface area (Å²) >= 11 is 0. The molecule has 4 heteroatoms. The Morgan fingerprint density at radius 3 is 2.33 bits per heavy atom. The summed E-state index contributed by atoms with van der Waals surface area (Å²) in [6.07, 6.45) is 6.43. The van der Waals surface area contributed by atoms with Gasteiger partial charge in [0, 0.05) is 13.0 Å². The van der Waals surface area contributed by atoms with Crippen molar-refractivity contribution < 1.29 is 61.3 Å². The normalized spacial score (nSPS) is 8.67. The van der Waals surface area contributed by atoms with Crippen molar-refractivity contribution in [3.05, 3.63) is 7.43 Å². The number of hydrogen-bond donors (Lipinski definition) is 2. The van der Waals surface area contributed by atoms with E-state index in [1.165, 1.54) is 19.3 Å². The van der Waals surface area contributed by atoms with E-state index < -0.39 is 0 Å². The van der Waals surface area contributed by atoms with Crippen LogP contribution in [0.1, 0.15) is 45.4 Å². The van der Waals surface area contributed by atoms with Crippen LogP contribution in [0.4, 0.5) is 0 Å². The maximum Gasteiger partial charge on any atom is 1.00 e. The molecule has 0 atom stereocenters. The first-order chi connectivity index (χ1) is 6.31. The van der Waals surface area contributed by atoms with Gasteiger partial charge in [-0.05, 0) is 6.42 Å². The Kier molecular flexibility index (Phi) is 24.9. The summed E-state index contributed by atoms with van der Waals surface area (Å²) in [5, 5.41) is 11.1. The van der Waals surface area contributed by atoms with Gasteiger partial charge in [0.2, 0.25) is 5.91 Å². The van der Waals surface area contributed by atoms with Crippen molar-refractivity contribution in [3.8, 4) is 0 Å². The summed E-state index contributed by atoms with van der Waals surface area (Å²) in [4.78, 5) is 11.0. The van der Waals surface area contributed by atoms with Gasteiger partial charge in [0.1, 0.15) is 0 Å². The minimum Gasteiger partial charge on any atom is -0.395 e. The standard InChI is InChI=1S/C10H21NO2.CH3.K/c1-2-3-4-5-6-7-10(13)11-8-9-12;;/h12H,2-9H2,1H3,(H,11,13);1H3;/q;-1;+1. The minimum absolute atomic E-state index is 0. The maximum absolute atomic E-state index is 11.0. The first-order valence-electron chi connectivity index (χ1n) is 5.18. The van der Waals surface area contributed by atoms with Crippen LogP contribution in [0.25, 0.3) is 0 Å². The molecule has 0 aromatic heterocycles. The molecule has 0 saturated heterocycles. The van der Waals surface area contributed by atoms with Crippen LogP contribution in [0.15, 0.2) is 0 Å². The molecule has 0 fully saturated rings. The van der Waals surface area contributed by atoms with E-state index in [1.807, 2.05) is 0 Å². The van der Waals surface area contributed by atoms with Crippen molar-refractivity contribution in [2.24, 2.45) is 0 Å². The third-order valence-electron chi connectivity index (χ3n) is 1.94. The number of aliphatic hydroxyl groups excluding tert-OH is 1. The zero-order valence-corrected chi connectivity index (χ0v) is 13.6. The predicted octanol–water partition coefficient (Wildman–Crippen LogP) is -1.09. The molecule has 0 aliphatic heterocycles. The molecule has 1 amide bonds. The Morgan fingerprint density at radius 1 is 1.20 bits per heavy atom. The van der Waals surface area contributed by atoms with E-state index in [-0.39, 0.29) is 71.3 Å². The summed E-state index contributed by atoms with van der Waals surface area (Å²) in [6.45, 7) is 2.59. The number of rotatable bonds is 8. The van der Waals surface area contributed by atoms with Crippen molar-refractivity contribution in [2.75, 3.05) is 13.2 Å². The summed E-state index contributed by atoms with van der Waals surface area (Å²) in [6, 6.07) is 0. The minimum atomic E-state index is 0. The molecule has 0 spiro atoms. The van der Waals surface area contributed by atoms with Crippen molar-refractivity contribution in [1.82, 2.24) is 5.32 Å². The molecule has 0 unspecified atom stereocenters. The quantitative estimate of drug-likeness (QED) is 0.322. The number of hydrogen-bond acceptors (Lipinski definition) is 2. The van der Waals surface area contributed by atoms with E-state index in [9.17, 15) is 4.79 Å². The van der Waals surface area contributed by atoms with Crippen molar-refractivity contribution in [1.29, 1.82) is 0 Å². The number of nitrogens with one attached hydrogen (secondary N) is 1. The number of amides is 1. The van der Waals surface area contributed by atoms with Gasteiger partial charge >= 0.3 is 51.4 Å². The fourth-order valence-electron chi connectivity index (χ4n) is 1.17. The molecule has 86 valence electrons. The molecule has 0 aliphatic rings. The molecule has 0 saturated carbocycles. The second-order valence-corrected chi connectivity index (χ2v) is 3.24. The SMILES string of the molecule is CCCCCCCC(=O)NCCO.[CH3-].[K+]. The number of aliphatic hydroxyl groups is 1. The summed E-state index contributed by atoms with van der Waals surface area (Å²) in [5.74, 6) is 0.0607. The zero-order chi connectivity index (χ0) is 9.94. The number of unbranched alkanes of at least 4 members (excludes halogenated alkanes) is 4. The van der Waals surface area contributed by atoms with Crippen LogP contribution in [0.2, 0.25) is 0 Å². The first-order valence-corrected chi connectivity index (χ1v) is 5.18. The number of carbonyl (C=O) groups is 1. The van der Waals surface area contributed by atoms with Crippen LogP contribution in [-0.2, 0) is 4.79 Å². The second-order valence-electron chi connectivity index (χ2n) is 3.24. The van der Waals surface area contributed by atoms with Gasteiger partial charge in [-0.3, -0.25) is 4.79 Å². The molecule has 0 heterocycles. The van der Waals surface area contributed by atoms with E-state index in [0.29, 0.717) is 13.0 Å². The summed E-state index contributed by atoms with van der Waals surface area (Å²) in [7, 11) is 0. The van der Waals surface area contributed by atoms with Crippen LogP contribution < -0.4 is 56.7 Å². The monoisotopic (exact) mass is 241 g/mol. The van der Waals surface area contributed by atoms with E-state index in [2.05, 4.69) is 12.2 Å². The second kappa shape index (κ2) is 17.5. The molecular formula is C11H24KNO2. The third-order valence-corrected chi connectivity index (χ3v) is 1.94. The average Bonchev–Trinajstić information content (AvgIpc) is 2.14. The van der Waals surface area contributed by atoms with Crippen LogP contribution in [0.5, 0.6) is 0 Å². The van der Waals surface area contributed by atoms with Crippen LogP contribution in [0, 0.1) is 7.43 Å². The van der Waals surface area contributed by atoms with Crippen molar-refractivity contribution in [2.45, 2.75) is 45.4 Å². The summed E-state index contributed by atoms with van der Waals surface area (Å²) < 4.78 is 0. The summed E-state index contributed by atoms with van der Waals surface area (Å²) in [5.41, 5.74) is 0.